The number of amides is 1. The van der Waals surface area contributed by atoms with E-state index in [1.165, 1.54) is 10.9 Å². The van der Waals surface area contributed by atoms with Gasteiger partial charge in [0.15, 0.2) is 0 Å². The van der Waals surface area contributed by atoms with Gasteiger partial charge in [-0.25, -0.2) is 0 Å². The zero-order valence-corrected chi connectivity index (χ0v) is 9.50. The van der Waals surface area contributed by atoms with Crippen molar-refractivity contribution in [1.29, 1.82) is 0 Å². The van der Waals surface area contributed by atoms with Crippen molar-refractivity contribution in [3.05, 3.63) is 36.0 Å². The molecule has 0 radical (unpaired) electrons. The molecule has 3 N–H and O–H groups in total. The van der Waals surface area contributed by atoms with E-state index < -0.39 is 11.3 Å². The van der Waals surface area contributed by atoms with Gasteiger partial charge in [-0.2, -0.15) is 0 Å². The summed E-state index contributed by atoms with van der Waals surface area (Å²) in [5.74, 6) is -0.457. The Kier molecular flexibility index (Phi) is 3.15. The summed E-state index contributed by atoms with van der Waals surface area (Å²) >= 11 is 5.80. The number of halogens is 1. The third kappa shape index (κ3) is 2.19. The molecule has 0 aliphatic heterocycles. The summed E-state index contributed by atoms with van der Waals surface area (Å²) in [4.78, 5) is 14.0. The number of H-pyrrole nitrogens is 1. The molecule has 16 heavy (non-hydrogen) atoms. The number of aromatic nitrogens is 1. The number of aryl methyl sites for hydroxylation is 1. The van der Waals surface area contributed by atoms with Crippen molar-refractivity contribution in [3.8, 4) is 0 Å². The molecule has 0 saturated carbocycles. The van der Waals surface area contributed by atoms with Crippen LogP contribution in [0.5, 0.6) is 0 Å². The molecule has 1 aromatic heterocycles. The maximum Gasteiger partial charge on any atom is 0.235 e. The largest absolute Gasteiger partial charge is 0.368 e. The van der Waals surface area contributed by atoms with Gasteiger partial charge in [0, 0.05) is 17.1 Å². The predicted molar refractivity (Wildman–Crippen MR) is 65.5 cm³/mol. The quantitative estimate of drug-likeness (QED) is 0.786. The first-order valence-electron chi connectivity index (χ1n) is 5.17. The van der Waals surface area contributed by atoms with Crippen molar-refractivity contribution >= 4 is 28.4 Å². The Hall–Kier alpha value is -1.48. The highest BCUT2D eigenvalue weighted by Crippen LogP contribution is 2.20. The van der Waals surface area contributed by atoms with Crippen molar-refractivity contribution < 1.29 is 4.79 Å². The van der Waals surface area contributed by atoms with Gasteiger partial charge in [-0.15, -0.1) is 11.6 Å². The van der Waals surface area contributed by atoms with Gasteiger partial charge in [0.2, 0.25) is 5.91 Å². The number of carbonyl (C=O) groups is 1. The van der Waals surface area contributed by atoms with E-state index in [-0.39, 0.29) is 0 Å². The van der Waals surface area contributed by atoms with Crippen LogP contribution in [0.1, 0.15) is 12.0 Å². The van der Waals surface area contributed by atoms with Crippen LogP contribution in [0.4, 0.5) is 0 Å². The van der Waals surface area contributed by atoms with Crippen LogP contribution < -0.4 is 5.73 Å². The lowest BCUT2D eigenvalue weighted by molar-refractivity contribution is -0.117. The van der Waals surface area contributed by atoms with Gasteiger partial charge < -0.3 is 10.7 Å². The first-order chi connectivity index (χ1) is 7.68. The maximum atomic E-state index is 10.8. The Bertz CT molecular complexity index is 506. The van der Waals surface area contributed by atoms with E-state index in [1.807, 2.05) is 24.4 Å². The minimum Gasteiger partial charge on any atom is -0.368 e. The van der Waals surface area contributed by atoms with Crippen LogP contribution >= 0.6 is 11.6 Å². The van der Waals surface area contributed by atoms with Crippen molar-refractivity contribution in [2.45, 2.75) is 18.2 Å². The lowest BCUT2D eigenvalue weighted by Crippen LogP contribution is -2.23. The van der Waals surface area contributed by atoms with Gasteiger partial charge in [0.05, 0.1) is 0 Å². The van der Waals surface area contributed by atoms with E-state index in [1.54, 1.807) is 0 Å². The Morgan fingerprint density at radius 2 is 2.19 bits per heavy atom. The SMILES string of the molecule is NC(=O)C(Cl)CCc1c[nH]c2ccccc12. The summed E-state index contributed by atoms with van der Waals surface area (Å²) in [6.45, 7) is 0. The summed E-state index contributed by atoms with van der Waals surface area (Å²) in [7, 11) is 0. The van der Waals surface area contributed by atoms with Gasteiger partial charge in [0.1, 0.15) is 5.38 Å². The molecule has 0 bridgehead atoms. The Balaban J connectivity index is 2.13. The van der Waals surface area contributed by atoms with Gasteiger partial charge in [-0.1, -0.05) is 18.2 Å². The van der Waals surface area contributed by atoms with Gasteiger partial charge in [-0.3, -0.25) is 4.79 Å². The van der Waals surface area contributed by atoms with Crippen LogP contribution in [0.25, 0.3) is 10.9 Å². The number of benzene rings is 1. The molecule has 0 aliphatic carbocycles. The molecule has 1 atom stereocenters. The first-order valence-corrected chi connectivity index (χ1v) is 5.60. The van der Waals surface area contributed by atoms with E-state index in [0.717, 1.165) is 11.9 Å². The Morgan fingerprint density at radius 3 is 2.94 bits per heavy atom. The third-order valence-electron chi connectivity index (χ3n) is 2.65. The van der Waals surface area contributed by atoms with Gasteiger partial charge >= 0.3 is 0 Å². The highest BCUT2D eigenvalue weighted by molar-refractivity contribution is 6.30. The Labute approximate surface area is 98.6 Å². The molecule has 2 aromatic rings. The second-order valence-corrected chi connectivity index (χ2v) is 4.29. The fourth-order valence-corrected chi connectivity index (χ4v) is 1.87. The van der Waals surface area contributed by atoms with Crippen LogP contribution in [0.3, 0.4) is 0 Å². The molecule has 0 aliphatic rings. The van der Waals surface area contributed by atoms with Crippen LogP contribution in [0, 0.1) is 0 Å². The molecule has 1 unspecified atom stereocenters. The number of rotatable bonds is 4. The number of fused-ring (bicyclic) bond motifs is 1. The number of hydrogen-bond donors (Lipinski definition) is 2. The summed E-state index contributed by atoms with van der Waals surface area (Å²) in [6, 6.07) is 8.04. The molecule has 0 saturated heterocycles. The second-order valence-electron chi connectivity index (χ2n) is 3.77. The molecule has 3 nitrogen and oxygen atoms in total. The molecule has 0 fully saturated rings. The molecule has 1 heterocycles. The van der Waals surface area contributed by atoms with Crippen LogP contribution in [-0.4, -0.2) is 16.3 Å². The van der Waals surface area contributed by atoms with Crippen molar-refractivity contribution in [2.75, 3.05) is 0 Å². The van der Waals surface area contributed by atoms with Crippen LogP contribution in [0.2, 0.25) is 0 Å². The lowest BCUT2D eigenvalue weighted by atomic mass is 10.1. The normalized spacial score (nSPS) is 12.8. The van der Waals surface area contributed by atoms with E-state index in [0.29, 0.717) is 6.42 Å². The molecule has 2 rings (SSSR count). The lowest BCUT2D eigenvalue weighted by Gasteiger charge is -2.03. The molecule has 0 spiro atoms. The van der Waals surface area contributed by atoms with Gasteiger partial charge in [0.25, 0.3) is 0 Å². The summed E-state index contributed by atoms with van der Waals surface area (Å²) in [6.07, 6.45) is 3.27. The zero-order valence-electron chi connectivity index (χ0n) is 8.74. The summed E-state index contributed by atoms with van der Waals surface area (Å²) in [5, 5.41) is 0.587. The topological polar surface area (TPSA) is 58.9 Å². The average Bonchev–Trinajstić information content (AvgIpc) is 2.69. The average molecular weight is 237 g/mol. The van der Waals surface area contributed by atoms with Crippen LogP contribution in [0.15, 0.2) is 30.5 Å². The fraction of sp³-hybridized carbons (Fsp3) is 0.250. The maximum absolute atomic E-state index is 10.8. The minimum absolute atomic E-state index is 0.457. The monoisotopic (exact) mass is 236 g/mol. The number of nitrogens with two attached hydrogens (primary N) is 1. The number of para-hydroxylation sites is 1. The van der Waals surface area contributed by atoms with E-state index in [4.69, 9.17) is 17.3 Å². The number of alkyl halides is 1. The Morgan fingerprint density at radius 1 is 1.44 bits per heavy atom. The summed E-state index contributed by atoms with van der Waals surface area (Å²) < 4.78 is 0. The predicted octanol–water partition coefficient (Wildman–Crippen LogP) is 2.19. The fourth-order valence-electron chi connectivity index (χ4n) is 1.76. The highest BCUT2D eigenvalue weighted by Gasteiger charge is 2.12. The number of carbonyl (C=O) groups excluding carboxylic acids is 1. The van der Waals surface area contributed by atoms with Crippen molar-refractivity contribution in [2.24, 2.45) is 5.73 Å². The summed E-state index contributed by atoms with van der Waals surface area (Å²) in [5.41, 5.74) is 7.38. The number of aromatic amines is 1. The van der Waals surface area contributed by atoms with Crippen LogP contribution in [-0.2, 0) is 11.2 Å². The molecule has 4 heteroatoms. The molecular weight excluding hydrogens is 224 g/mol. The minimum atomic E-state index is -0.589. The van der Waals surface area contributed by atoms with Crippen molar-refractivity contribution in [3.63, 3.8) is 0 Å². The number of primary amides is 1. The number of hydrogen-bond acceptors (Lipinski definition) is 1. The smallest absolute Gasteiger partial charge is 0.235 e. The third-order valence-corrected chi connectivity index (χ3v) is 3.08. The first kappa shape index (κ1) is 11.0. The van der Waals surface area contributed by atoms with E-state index in [2.05, 4.69) is 11.1 Å². The van der Waals surface area contributed by atoms with Crippen molar-refractivity contribution in [1.82, 2.24) is 4.98 Å². The number of nitrogens with one attached hydrogen (secondary N) is 1. The molecule has 1 aromatic carbocycles. The van der Waals surface area contributed by atoms with Gasteiger partial charge in [-0.05, 0) is 24.5 Å². The highest BCUT2D eigenvalue weighted by atomic mass is 35.5. The van der Waals surface area contributed by atoms with E-state index in [9.17, 15) is 4.79 Å². The standard InChI is InChI=1S/C12H13ClN2O/c13-10(12(14)16)6-5-8-7-15-11-4-2-1-3-9(8)11/h1-4,7,10,15H,5-6H2,(H2,14,16). The molecule has 1 amide bonds. The molecule has 84 valence electrons. The zero-order chi connectivity index (χ0) is 11.5. The van der Waals surface area contributed by atoms with E-state index >= 15 is 0 Å². The molecular formula is C12H13ClN2O. The second kappa shape index (κ2) is 4.58.